The molecule has 2 heteroatoms. The molecule has 1 fully saturated rings. The first kappa shape index (κ1) is 9.72. The number of carbonyl (C=O) groups is 1. The number of carbonyl (C=O) groups excluding carboxylic acids is 1. The molecular weight excluding hydrogens is 150 g/mol. The van der Waals surface area contributed by atoms with Gasteiger partial charge >= 0.3 is 0 Å². The molecule has 0 unspecified atom stereocenters. The zero-order valence-electron chi connectivity index (χ0n) is 8.31. The molecule has 1 aliphatic heterocycles. The SMILES string of the molecule is CCC(C)(C)C(=O)[C@H]1CCCN1. The van der Waals surface area contributed by atoms with E-state index in [2.05, 4.69) is 12.2 Å². The van der Waals surface area contributed by atoms with E-state index in [1.807, 2.05) is 13.8 Å². The highest BCUT2D eigenvalue weighted by Crippen LogP contribution is 2.25. The van der Waals surface area contributed by atoms with Gasteiger partial charge in [0.05, 0.1) is 6.04 Å². The first-order chi connectivity index (χ1) is 5.58. The Hall–Kier alpha value is -0.370. The maximum Gasteiger partial charge on any atom is 0.155 e. The third-order valence-electron chi connectivity index (χ3n) is 2.93. The van der Waals surface area contributed by atoms with E-state index in [1.165, 1.54) is 0 Å². The summed E-state index contributed by atoms with van der Waals surface area (Å²) in [5.74, 6) is 0.391. The van der Waals surface area contributed by atoms with Gasteiger partial charge in [-0.15, -0.1) is 0 Å². The van der Waals surface area contributed by atoms with Gasteiger partial charge in [0.1, 0.15) is 0 Å². The van der Waals surface area contributed by atoms with Crippen LogP contribution in [-0.4, -0.2) is 18.4 Å². The Labute approximate surface area is 74.7 Å². The van der Waals surface area contributed by atoms with Gasteiger partial charge in [-0.3, -0.25) is 4.79 Å². The van der Waals surface area contributed by atoms with Crippen LogP contribution in [0.5, 0.6) is 0 Å². The van der Waals surface area contributed by atoms with Crippen LogP contribution < -0.4 is 5.32 Å². The Morgan fingerprint density at radius 2 is 2.25 bits per heavy atom. The summed E-state index contributed by atoms with van der Waals surface area (Å²) in [6.45, 7) is 7.16. The largest absolute Gasteiger partial charge is 0.307 e. The van der Waals surface area contributed by atoms with Crippen LogP contribution in [-0.2, 0) is 4.79 Å². The highest BCUT2D eigenvalue weighted by molar-refractivity contribution is 5.89. The van der Waals surface area contributed by atoms with Crippen molar-refractivity contribution in [3.63, 3.8) is 0 Å². The van der Waals surface area contributed by atoms with Crippen molar-refractivity contribution >= 4 is 5.78 Å². The standard InChI is InChI=1S/C10H19NO/c1-4-10(2,3)9(12)8-6-5-7-11-8/h8,11H,4-7H2,1-3H3/t8-/m1/s1. The van der Waals surface area contributed by atoms with Crippen molar-refractivity contribution in [2.75, 3.05) is 6.54 Å². The minimum atomic E-state index is -0.137. The molecule has 1 atom stereocenters. The summed E-state index contributed by atoms with van der Waals surface area (Å²) in [7, 11) is 0. The fourth-order valence-electron chi connectivity index (χ4n) is 1.55. The summed E-state index contributed by atoms with van der Waals surface area (Å²) in [6, 6.07) is 0.139. The molecule has 0 bridgehead atoms. The fraction of sp³-hybridized carbons (Fsp3) is 0.900. The molecule has 1 aliphatic rings. The summed E-state index contributed by atoms with van der Waals surface area (Å²) < 4.78 is 0. The van der Waals surface area contributed by atoms with Crippen LogP contribution in [0.3, 0.4) is 0 Å². The predicted octanol–water partition coefficient (Wildman–Crippen LogP) is 1.74. The summed E-state index contributed by atoms with van der Waals surface area (Å²) in [4.78, 5) is 11.8. The fourth-order valence-corrected chi connectivity index (χ4v) is 1.55. The number of nitrogens with one attached hydrogen (secondary N) is 1. The topological polar surface area (TPSA) is 29.1 Å². The molecule has 70 valence electrons. The monoisotopic (exact) mass is 169 g/mol. The summed E-state index contributed by atoms with van der Waals surface area (Å²) in [6.07, 6.45) is 3.11. The molecule has 0 saturated carbocycles. The van der Waals surface area contributed by atoms with Gasteiger partial charge in [-0.05, 0) is 25.8 Å². The van der Waals surface area contributed by atoms with Crippen LogP contribution in [0.4, 0.5) is 0 Å². The normalized spacial score (nSPS) is 24.4. The smallest absolute Gasteiger partial charge is 0.155 e. The van der Waals surface area contributed by atoms with E-state index < -0.39 is 0 Å². The van der Waals surface area contributed by atoms with Gasteiger partial charge in [0.25, 0.3) is 0 Å². The Bertz CT molecular complexity index is 169. The van der Waals surface area contributed by atoms with Gasteiger partial charge in [0.15, 0.2) is 5.78 Å². The van der Waals surface area contributed by atoms with Crippen molar-refractivity contribution in [1.29, 1.82) is 0 Å². The number of hydrogen-bond acceptors (Lipinski definition) is 2. The maximum atomic E-state index is 11.8. The van der Waals surface area contributed by atoms with Crippen molar-refractivity contribution in [1.82, 2.24) is 5.32 Å². The van der Waals surface area contributed by atoms with Gasteiger partial charge in [-0.2, -0.15) is 0 Å². The first-order valence-electron chi connectivity index (χ1n) is 4.85. The van der Waals surface area contributed by atoms with Gasteiger partial charge in [-0.25, -0.2) is 0 Å². The van der Waals surface area contributed by atoms with E-state index in [4.69, 9.17) is 0 Å². The highest BCUT2D eigenvalue weighted by atomic mass is 16.1. The molecule has 12 heavy (non-hydrogen) atoms. The Balaban J connectivity index is 2.56. The average molecular weight is 169 g/mol. The van der Waals surface area contributed by atoms with Crippen LogP contribution in [0.2, 0.25) is 0 Å². The molecule has 0 aromatic carbocycles. The molecule has 0 radical (unpaired) electrons. The third kappa shape index (κ3) is 1.86. The van der Waals surface area contributed by atoms with Crippen molar-refractivity contribution < 1.29 is 4.79 Å². The van der Waals surface area contributed by atoms with Gasteiger partial charge in [-0.1, -0.05) is 20.8 Å². The lowest BCUT2D eigenvalue weighted by Gasteiger charge is -2.24. The molecule has 1 heterocycles. The zero-order chi connectivity index (χ0) is 9.19. The first-order valence-corrected chi connectivity index (χ1v) is 4.85. The second-order valence-corrected chi connectivity index (χ2v) is 4.25. The number of hydrogen-bond donors (Lipinski definition) is 1. The molecule has 0 aromatic heterocycles. The molecular formula is C10H19NO. The molecule has 0 aliphatic carbocycles. The van der Waals surface area contributed by atoms with E-state index in [-0.39, 0.29) is 11.5 Å². The molecule has 2 nitrogen and oxygen atoms in total. The number of ketones is 1. The van der Waals surface area contributed by atoms with E-state index in [9.17, 15) is 4.79 Å². The summed E-state index contributed by atoms with van der Waals surface area (Å²) >= 11 is 0. The zero-order valence-corrected chi connectivity index (χ0v) is 8.31. The second-order valence-electron chi connectivity index (χ2n) is 4.25. The van der Waals surface area contributed by atoms with Crippen molar-refractivity contribution in [3.05, 3.63) is 0 Å². The molecule has 0 aromatic rings. The molecule has 0 spiro atoms. The Morgan fingerprint density at radius 1 is 1.58 bits per heavy atom. The molecule has 1 saturated heterocycles. The van der Waals surface area contributed by atoms with Crippen molar-refractivity contribution in [2.45, 2.75) is 46.1 Å². The Kier molecular flexibility index (Phi) is 2.89. The van der Waals surface area contributed by atoms with Crippen LogP contribution in [0, 0.1) is 5.41 Å². The van der Waals surface area contributed by atoms with Crippen LogP contribution in [0.25, 0.3) is 0 Å². The third-order valence-corrected chi connectivity index (χ3v) is 2.93. The van der Waals surface area contributed by atoms with Crippen LogP contribution in [0.15, 0.2) is 0 Å². The van der Waals surface area contributed by atoms with Crippen molar-refractivity contribution in [3.8, 4) is 0 Å². The van der Waals surface area contributed by atoms with E-state index in [0.717, 1.165) is 25.8 Å². The molecule has 0 amide bonds. The van der Waals surface area contributed by atoms with E-state index >= 15 is 0 Å². The number of rotatable bonds is 3. The maximum absolute atomic E-state index is 11.8. The van der Waals surface area contributed by atoms with Gasteiger partial charge < -0.3 is 5.32 Å². The Morgan fingerprint density at radius 3 is 2.67 bits per heavy atom. The second kappa shape index (κ2) is 3.56. The minimum Gasteiger partial charge on any atom is -0.307 e. The quantitative estimate of drug-likeness (QED) is 0.697. The predicted molar refractivity (Wildman–Crippen MR) is 50.1 cm³/mol. The summed E-state index contributed by atoms with van der Waals surface area (Å²) in [5.41, 5.74) is -0.137. The molecule has 1 rings (SSSR count). The lowest BCUT2D eigenvalue weighted by atomic mass is 9.81. The molecule has 1 N–H and O–H groups in total. The van der Waals surface area contributed by atoms with E-state index in [0.29, 0.717) is 5.78 Å². The highest BCUT2D eigenvalue weighted by Gasteiger charge is 2.33. The number of Topliss-reactive ketones (excluding diaryl/α,β-unsaturated/α-hetero) is 1. The lowest BCUT2D eigenvalue weighted by Crippen LogP contribution is -2.39. The van der Waals surface area contributed by atoms with Crippen molar-refractivity contribution in [2.24, 2.45) is 5.41 Å². The van der Waals surface area contributed by atoms with Crippen LogP contribution >= 0.6 is 0 Å². The van der Waals surface area contributed by atoms with Crippen LogP contribution in [0.1, 0.15) is 40.0 Å². The lowest BCUT2D eigenvalue weighted by molar-refractivity contribution is -0.129. The van der Waals surface area contributed by atoms with Gasteiger partial charge in [0.2, 0.25) is 0 Å². The average Bonchev–Trinajstić information content (AvgIpc) is 2.55. The van der Waals surface area contributed by atoms with E-state index in [1.54, 1.807) is 0 Å². The minimum absolute atomic E-state index is 0.137. The van der Waals surface area contributed by atoms with Gasteiger partial charge in [0, 0.05) is 5.41 Å². The summed E-state index contributed by atoms with van der Waals surface area (Å²) in [5, 5.41) is 3.25.